The summed E-state index contributed by atoms with van der Waals surface area (Å²) < 4.78 is 5.45. The molecule has 1 fully saturated rings. The second kappa shape index (κ2) is 5.53. The molecule has 0 heterocycles. The molecule has 1 aromatic carbocycles. The van der Waals surface area contributed by atoms with E-state index in [-0.39, 0.29) is 17.3 Å². The minimum atomic E-state index is -0.466. The number of esters is 1. The normalized spacial score (nSPS) is 18.1. The van der Waals surface area contributed by atoms with Gasteiger partial charge in [0.1, 0.15) is 5.60 Å². The molecule has 1 aliphatic rings. The van der Waals surface area contributed by atoms with Crippen LogP contribution in [-0.2, 0) is 9.53 Å². The van der Waals surface area contributed by atoms with Gasteiger partial charge >= 0.3 is 5.97 Å². The van der Waals surface area contributed by atoms with Gasteiger partial charge in [0.2, 0.25) is 0 Å². The smallest absolute Gasteiger partial charge is 0.306 e. The molecule has 2 rings (SSSR count). The number of halogens is 1. The molecule has 0 radical (unpaired) electrons. The number of hydrogen-bond donors (Lipinski definition) is 0. The second-order valence-corrected chi connectivity index (χ2v) is 7.64. The standard InChI is InChI=1S/C17H23ClNO2/c1-16(2,3)21-15(20)10-12(17(4)7-8-17)11-5-6-13(18)14(19)9-11/h5-6,9,12,19H,7-8,10H2,1-4H3/q-1. The molecule has 0 saturated heterocycles. The van der Waals surface area contributed by atoms with Gasteiger partial charge in [-0.1, -0.05) is 30.7 Å². The fourth-order valence-corrected chi connectivity index (χ4v) is 2.74. The van der Waals surface area contributed by atoms with Gasteiger partial charge in [0.25, 0.3) is 0 Å². The molecular formula is C17H23ClNO2-. The van der Waals surface area contributed by atoms with E-state index in [9.17, 15) is 4.79 Å². The maximum absolute atomic E-state index is 12.2. The van der Waals surface area contributed by atoms with E-state index in [4.69, 9.17) is 22.1 Å². The first-order chi connectivity index (χ1) is 9.61. The van der Waals surface area contributed by atoms with E-state index in [2.05, 4.69) is 6.92 Å². The Morgan fingerprint density at radius 2 is 2.05 bits per heavy atom. The van der Waals surface area contributed by atoms with Gasteiger partial charge in [-0.25, -0.2) is 0 Å². The molecule has 1 N–H and O–H groups in total. The van der Waals surface area contributed by atoms with Crippen LogP contribution in [0.4, 0.5) is 5.69 Å². The van der Waals surface area contributed by atoms with Crippen LogP contribution in [0.25, 0.3) is 5.73 Å². The molecule has 1 unspecified atom stereocenters. The molecule has 1 aliphatic carbocycles. The van der Waals surface area contributed by atoms with Gasteiger partial charge in [-0.3, -0.25) is 4.79 Å². The lowest BCUT2D eigenvalue weighted by Gasteiger charge is -2.27. The van der Waals surface area contributed by atoms with E-state index in [0.717, 1.165) is 18.4 Å². The summed E-state index contributed by atoms with van der Waals surface area (Å²) in [5, 5.41) is 0.440. The number of benzene rings is 1. The number of carbonyl (C=O) groups is 1. The summed E-state index contributed by atoms with van der Waals surface area (Å²) in [6.45, 7) is 7.83. The van der Waals surface area contributed by atoms with Crippen molar-refractivity contribution < 1.29 is 9.53 Å². The maximum atomic E-state index is 12.2. The van der Waals surface area contributed by atoms with E-state index in [1.165, 1.54) is 0 Å². The van der Waals surface area contributed by atoms with Crippen LogP contribution in [0.5, 0.6) is 0 Å². The van der Waals surface area contributed by atoms with Crippen molar-refractivity contribution in [3.05, 3.63) is 34.5 Å². The minimum absolute atomic E-state index is 0.0914. The topological polar surface area (TPSA) is 50.1 Å². The Morgan fingerprint density at radius 1 is 1.43 bits per heavy atom. The lowest BCUT2D eigenvalue weighted by molar-refractivity contribution is -0.155. The molecule has 1 saturated carbocycles. The van der Waals surface area contributed by atoms with Crippen LogP contribution < -0.4 is 0 Å². The number of carbonyl (C=O) groups excluding carboxylic acids is 1. The Labute approximate surface area is 131 Å². The first-order valence-electron chi connectivity index (χ1n) is 7.34. The molecule has 116 valence electrons. The van der Waals surface area contributed by atoms with E-state index in [1.54, 1.807) is 12.1 Å². The molecular weight excluding hydrogens is 286 g/mol. The minimum Gasteiger partial charge on any atom is -0.698 e. The van der Waals surface area contributed by atoms with Crippen LogP contribution in [0, 0.1) is 5.41 Å². The Morgan fingerprint density at radius 3 is 2.52 bits per heavy atom. The molecule has 1 aromatic rings. The van der Waals surface area contributed by atoms with Gasteiger partial charge in [-0.2, -0.15) is 0 Å². The van der Waals surface area contributed by atoms with Crippen LogP contribution in [-0.4, -0.2) is 11.6 Å². The largest absolute Gasteiger partial charge is 0.698 e. The van der Waals surface area contributed by atoms with Crippen molar-refractivity contribution in [1.29, 1.82) is 0 Å². The highest BCUT2D eigenvalue weighted by Gasteiger charge is 2.46. The Bertz CT molecular complexity index is 544. The quantitative estimate of drug-likeness (QED) is 0.676. The SMILES string of the molecule is CC(C)(C)OC(=O)CC(c1ccc(Cl)c([NH-])c1)C1(C)CC1. The number of ether oxygens (including phenoxy) is 1. The molecule has 0 aromatic heterocycles. The summed E-state index contributed by atoms with van der Waals surface area (Å²) in [6, 6.07) is 5.45. The Balaban J connectivity index is 2.20. The number of nitrogens with one attached hydrogen (secondary N) is 1. The zero-order valence-corrected chi connectivity index (χ0v) is 13.9. The van der Waals surface area contributed by atoms with Crippen molar-refractivity contribution in [1.82, 2.24) is 0 Å². The number of hydrogen-bond acceptors (Lipinski definition) is 2. The molecule has 0 bridgehead atoms. The summed E-state index contributed by atoms with van der Waals surface area (Å²) in [4.78, 5) is 12.2. The summed E-state index contributed by atoms with van der Waals surface area (Å²) in [5.74, 6) is -0.0872. The van der Waals surface area contributed by atoms with Crippen LogP contribution in [0.2, 0.25) is 5.02 Å². The summed E-state index contributed by atoms with van der Waals surface area (Å²) in [6.07, 6.45) is 2.57. The fourth-order valence-electron chi connectivity index (χ4n) is 2.62. The molecule has 3 nitrogen and oxygen atoms in total. The highest BCUT2D eigenvalue weighted by Crippen LogP contribution is 2.57. The molecule has 0 amide bonds. The third-order valence-corrected chi connectivity index (χ3v) is 4.39. The summed E-state index contributed by atoms with van der Waals surface area (Å²) >= 11 is 5.93. The summed E-state index contributed by atoms with van der Waals surface area (Å²) in [5.41, 5.74) is 8.85. The highest BCUT2D eigenvalue weighted by atomic mass is 35.5. The number of rotatable bonds is 4. The van der Waals surface area contributed by atoms with Crippen molar-refractivity contribution in [2.24, 2.45) is 5.41 Å². The summed E-state index contributed by atoms with van der Waals surface area (Å²) in [7, 11) is 0. The third-order valence-electron chi connectivity index (χ3n) is 4.06. The Kier molecular flexibility index (Phi) is 4.25. The predicted molar refractivity (Wildman–Crippen MR) is 86.0 cm³/mol. The van der Waals surface area contributed by atoms with Crippen molar-refractivity contribution in [2.75, 3.05) is 0 Å². The van der Waals surface area contributed by atoms with Gasteiger partial charge in [0.15, 0.2) is 0 Å². The maximum Gasteiger partial charge on any atom is 0.306 e. The van der Waals surface area contributed by atoms with Crippen LogP contribution in [0.3, 0.4) is 0 Å². The average Bonchev–Trinajstić information content (AvgIpc) is 3.07. The van der Waals surface area contributed by atoms with E-state index < -0.39 is 5.60 Å². The van der Waals surface area contributed by atoms with Gasteiger partial charge in [0, 0.05) is 5.02 Å². The third kappa shape index (κ3) is 4.13. The second-order valence-electron chi connectivity index (χ2n) is 7.24. The van der Waals surface area contributed by atoms with Crippen molar-refractivity contribution in [3.8, 4) is 0 Å². The van der Waals surface area contributed by atoms with E-state index >= 15 is 0 Å². The van der Waals surface area contributed by atoms with Gasteiger partial charge < -0.3 is 10.5 Å². The molecule has 0 aliphatic heterocycles. The Hall–Kier alpha value is -1.22. The van der Waals surface area contributed by atoms with Gasteiger partial charge in [-0.05, 0) is 56.6 Å². The van der Waals surface area contributed by atoms with E-state index in [0.29, 0.717) is 17.1 Å². The first kappa shape index (κ1) is 16.2. The van der Waals surface area contributed by atoms with Crippen molar-refractivity contribution in [2.45, 2.75) is 58.5 Å². The monoisotopic (exact) mass is 308 g/mol. The average molecular weight is 309 g/mol. The first-order valence-corrected chi connectivity index (χ1v) is 7.71. The molecule has 0 spiro atoms. The zero-order valence-electron chi connectivity index (χ0n) is 13.1. The van der Waals surface area contributed by atoms with Crippen LogP contribution in [0.1, 0.15) is 58.4 Å². The van der Waals surface area contributed by atoms with Crippen molar-refractivity contribution in [3.63, 3.8) is 0 Å². The van der Waals surface area contributed by atoms with Crippen LogP contribution >= 0.6 is 11.6 Å². The fraction of sp³-hybridized carbons (Fsp3) is 0.588. The van der Waals surface area contributed by atoms with Gasteiger partial charge in [-0.15, -0.1) is 5.69 Å². The molecule has 21 heavy (non-hydrogen) atoms. The molecule has 1 atom stereocenters. The predicted octanol–water partition coefficient (Wildman–Crippen LogP) is 5.64. The lowest BCUT2D eigenvalue weighted by atomic mass is 9.82. The van der Waals surface area contributed by atoms with Crippen molar-refractivity contribution >= 4 is 23.3 Å². The van der Waals surface area contributed by atoms with Crippen LogP contribution in [0.15, 0.2) is 18.2 Å². The highest BCUT2D eigenvalue weighted by molar-refractivity contribution is 6.33. The van der Waals surface area contributed by atoms with Gasteiger partial charge in [0.05, 0.1) is 6.42 Å². The van der Waals surface area contributed by atoms with E-state index in [1.807, 2.05) is 26.8 Å². The lowest BCUT2D eigenvalue weighted by Crippen LogP contribution is -2.26. The zero-order chi connectivity index (χ0) is 15.8. The molecule has 4 heteroatoms.